The molecule has 3 heterocycles. The van der Waals surface area contributed by atoms with Gasteiger partial charge in [-0.1, -0.05) is 31.5 Å². The van der Waals surface area contributed by atoms with Gasteiger partial charge in [-0.05, 0) is 23.5 Å². The first-order valence-electron chi connectivity index (χ1n) is 9.58. The van der Waals surface area contributed by atoms with Crippen molar-refractivity contribution in [3.05, 3.63) is 35.5 Å². The lowest BCUT2D eigenvalue weighted by molar-refractivity contribution is -0.152. The van der Waals surface area contributed by atoms with Gasteiger partial charge in [0.25, 0.3) is 0 Å². The van der Waals surface area contributed by atoms with Crippen LogP contribution in [-0.2, 0) is 20.7 Å². The van der Waals surface area contributed by atoms with Crippen LogP contribution in [0.2, 0.25) is 0 Å². The molecule has 5 atom stereocenters. The number of ether oxygens (including phenoxy) is 2. The summed E-state index contributed by atoms with van der Waals surface area (Å²) in [4.78, 5) is 31.3. The average Bonchev–Trinajstić information content (AvgIpc) is 3.24. The van der Waals surface area contributed by atoms with Gasteiger partial charge in [0.1, 0.15) is 12.3 Å². The van der Waals surface area contributed by atoms with Gasteiger partial charge in [0.05, 0.1) is 12.8 Å². The Labute approximate surface area is 158 Å². The second kappa shape index (κ2) is 7.09. The Morgan fingerprint density at radius 1 is 1.26 bits per heavy atom. The first-order chi connectivity index (χ1) is 13.1. The minimum atomic E-state index is -0.441. The SMILES string of the molecule is CC[C@@H]1CN2[C@H](OC)Cc3c([nH]c4ccccc34)C(=O)C[C@@H]1[C@@H]2C(=O)OC. The zero-order valence-electron chi connectivity index (χ0n) is 16.0. The van der Waals surface area contributed by atoms with E-state index in [1.807, 2.05) is 24.3 Å². The predicted molar refractivity (Wildman–Crippen MR) is 102 cm³/mol. The van der Waals surface area contributed by atoms with Gasteiger partial charge >= 0.3 is 5.97 Å². The number of carbonyl (C=O) groups is 2. The normalized spacial score (nSPS) is 30.5. The third kappa shape index (κ3) is 2.87. The summed E-state index contributed by atoms with van der Waals surface area (Å²) in [5, 5.41) is 1.04. The van der Waals surface area contributed by atoms with E-state index in [9.17, 15) is 9.59 Å². The van der Waals surface area contributed by atoms with E-state index in [1.165, 1.54) is 7.11 Å². The summed E-state index contributed by atoms with van der Waals surface area (Å²) >= 11 is 0. The lowest BCUT2D eigenvalue weighted by atomic mass is 9.84. The molecule has 1 saturated heterocycles. The number of nitrogens with zero attached hydrogens (tertiary/aromatic N) is 1. The summed E-state index contributed by atoms with van der Waals surface area (Å²) in [6.45, 7) is 2.85. The van der Waals surface area contributed by atoms with Gasteiger partial charge in [0.2, 0.25) is 0 Å². The Balaban J connectivity index is 1.85. The molecule has 2 aliphatic heterocycles. The number of para-hydroxylation sites is 1. The van der Waals surface area contributed by atoms with Crippen molar-refractivity contribution in [2.45, 2.75) is 38.5 Å². The van der Waals surface area contributed by atoms with E-state index in [4.69, 9.17) is 9.47 Å². The number of hydrogen-bond donors (Lipinski definition) is 1. The molecule has 0 saturated carbocycles. The molecule has 0 radical (unpaired) electrons. The van der Waals surface area contributed by atoms with Crippen LogP contribution in [0.1, 0.15) is 35.8 Å². The Morgan fingerprint density at radius 3 is 2.74 bits per heavy atom. The molecule has 6 nitrogen and oxygen atoms in total. The molecule has 1 N–H and O–H groups in total. The highest BCUT2D eigenvalue weighted by Crippen LogP contribution is 2.40. The van der Waals surface area contributed by atoms with Crippen LogP contribution >= 0.6 is 0 Å². The van der Waals surface area contributed by atoms with Gasteiger partial charge in [-0.3, -0.25) is 14.5 Å². The van der Waals surface area contributed by atoms with Crippen molar-refractivity contribution in [3.63, 3.8) is 0 Å². The maximum atomic E-state index is 13.2. The van der Waals surface area contributed by atoms with E-state index in [2.05, 4.69) is 16.8 Å². The van der Waals surface area contributed by atoms with Crippen molar-refractivity contribution >= 4 is 22.7 Å². The molecule has 27 heavy (non-hydrogen) atoms. The van der Waals surface area contributed by atoms with Crippen LogP contribution in [0, 0.1) is 11.8 Å². The topological polar surface area (TPSA) is 71.6 Å². The van der Waals surface area contributed by atoms with Gasteiger partial charge in [0.15, 0.2) is 5.78 Å². The number of rotatable bonds is 3. The molecule has 2 bridgehead atoms. The molecule has 0 aliphatic carbocycles. The third-order valence-corrected chi connectivity index (χ3v) is 6.32. The standard InChI is InChI=1S/C21H26N2O4/c1-4-12-11-23-18(26-2)10-15-13-7-5-6-8-16(13)22-19(15)17(24)9-14(12)20(23)21(25)27-3/h5-8,12,14,18,20,22H,4,9-11H2,1-3H3/t12-,14+,18-,20-/m1/s1. The van der Waals surface area contributed by atoms with Crippen LogP contribution in [0.3, 0.4) is 0 Å². The number of fused-ring (bicyclic) bond motifs is 5. The molecule has 144 valence electrons. The quantitative estimate of drug-likeness (QED) is 0.841. The molecule has 1 aromatic carbocycles. The number of ketones is 1. The Kier molecular flexibility index (Phi) is 4.78. The first kappa shape index (κ1) is 18.2. The number of benzene rings is 1. The molecule has 1 unspecified atom stereocenters. The number of H-pyrrole nitrogens is 1. The lowest BCUT2D eigenvalue weighted by Crippen LogP contribution is -2.47. The van der Waals surface area contributed by atoms with Crippen LogP contribution < -0.4 is 0 Å². The molecule has 0 amide bonds. The van der Waals surface area contributed by atoms with Crippen molar-refractivity contribution in [1.29, 1.82) is 0 Å². The number of hydrogen-bond acceptors (Lipinski definition) is 5. The number of nitrogens with one attached hydrogen (secondary N) is 1. The average molecular weight is 370 g/mol. The van der Waals surface area contributed by atoms with E-state index < -0.39 is 6.04 Å². The molecular formula is C21H26N2O4. The molecular weight excluding hydrogens is 344 g/mol. The Morgan fingerprint density at radius 2 is 2.04 bits per heavy atom. The fraction of sp³-hybridized carbons (Fsp3) is 0.524. The second-order valence-corrected chi connectivity index (χ2v) is 7.54. The third-order valence-electron chi connectivity index (χ3n) is 6.32. The number of Topliss-reactive ketones (excluding diaryl/α,β-unsaturated/α-hetero) is 1. The number of aromatic amines is 1. The van der Waals surface area contributed by atoms with E-state index >= 15 is 0 Å². The minimum Gasteiger partial charge on any atom is -0.468 e. The van der Waals surface area contributed by atoms with Gasteiger partial charge in [-0.25, -0.2) is 0 Å². The number of carbonyl (C=O) groups excluding carboxylic acids is 2. The number of aromatic nitrogens is 1. The van der Waals surface area contributed by atoms with E-state index in [0.717, 1.165) is 29.4 Å². The highest BCUT2D eigenvalue weighted by molar-refractivity contribution is 6.02. The zero-order chi connectivity index (χ0) is 19.1. The number of esters is 1. The van der Waals surface area contributed by atoms with Gasteiger partial charge in [-0.2, -0.15) is 0 Å². The van der Waals surface area contributed by atoms with Crippen molar-refractivity contribution < 1.29 is 19.1 Å². The molecule has 0 spiro atoms. The Bertz CT molecular complexity index is 874. The summed E-state index contributed by atoms with van der Waals surface area (Å²) in [6.07, 6.45) is 1.53. The summed E-state index contributed by atoms with van der Waals surface area (Å²) in [7, 11) is 3.08. The van der Waals surface area contributed by atoms with Crippen LogP contribution in [0.5, 0.6) is 0 Å². The van der Waals surface area contributed by atoms with E-state index in [0.29, 0.717) is 18.5 Å². The maximum Gasteiger partial charge on any atom is 0.323 e. The maximum absolute atomic E-state index is 13.2. The summed E-state index contributed by atoms with van der Waals surface area (Å²) in [5.74, 6) is -0.00929. The lowest BCUT2D eigenvalue weighted by Gasteiger charge is -2.31. The summed E-state index contributed by atoms with van der Waals surface area (Å²) in [5.41, 5.74) is 2.60. The minimum absolute atomic E-state index is 0.0648. The highest BCUT2D eigenvalue weighted by Gasteiger charge is 2.50. The van der Waals surface area contributed by atoms with Crippen LogP contribution in [-0.4, -0.2) is 54.7 Å². The molecule has 2 aromatic rings. The molecule has 6 heteroatoms. The summed E-state index contributed by atoms with van der Waals surface area (Å²) in [6, 6.07) is 7.52. The largest absolute Gasteiger partial charge is 0.468 e. The Hall–Kier alpha value is -2.18. The van der Waals surface area contributed by atoms with Crippen molar-refractivity contribution in [3.8, 4) is 0 Å². The van der Waals surface area contributed by atoms with Gasteiger partial charge in [-0.15, -0.1) is 0 Å². The zero-order valence-corrected chi connectivity index (χ0v) is 16.0. The monoisotopic (exact) mass is 370 g/mol. The summed E-state index contributed by atoms with van der Waals surface area (Å²) < 4.78 is 10.9. The molecule has 1 aromatic heterocycles. The fourth-order valence-electron chi connectivity index (χ4n) is 4.94. The fourth-order valence-corrected chi connectivity index (χ4v) is 4.94. The van der Waals surface area contributed by atoms with Crippen molar-refractivity contribution in [1.82, 2.24) is 9.88 Å². The van der Waals surface area contributed by atoms with E-state index in [1.54, 1.807) is 7.11 Å². The number of methoxy groups -OCH3 is 2. The predicted octanol–water partition coefficient (Wildman–Crippen LogP) is 2.77. The first-order valence-corrected chi connectivity index (χ1v) is 9.58. The second-order valence-electron chi connectivity index (χ2n) is 7.54. The van der Waals surface area contributed by atoms with Crippen molar-refractivity contribution in [2.24, 2.45) is 11.8 Å². The van der Waals surface area contributed by atoms with E-state index in [-0.39, 0.29) is 29.8 Å². The van der Waals surface area contributed by atoms with Crippen LogP contribution in [0.15, 0.2) is 24.3 Å². The molecule has 4 rings (SSSR count). The smallest absolute Gasteiger partial charge is 0.323 e. The highest BCUT2D eigenvalue weighted by atomic mass is 16.5. The van der Waals surface area contributed by atoms with Crippen LogP contribution in [0.25, 0.3) is 10.9 Å². The molecule has 1 fully saturated rings. The van der Waals surface area contributed by atoms with Crippen molar-refractivity contribution in [2.75, 3.05) is 20.8 Å². The van der Waals surface area contributed by atoms with Gasteiger partial charge < -0.3 is 14.5 Å². The van der Waals surface area contributed by atoms with Crippen LogP contribution in [0.4, 0.5) is 0 Å². The molecule has 2 aliphatic rings. The van der Waals surface area contributed by atoms with Gasteiger partial charge in [0, 0.05) is 37.4 Å².